The standard InChI is InChI=1S/C23H38N2.C8H9F.C2H6/c1-11-14-23(15-12-2)25(18(6)7)21(10)24-20(9)22(13-3)16-19(8)17(4)5;1-6-3-4-7(2)8(9)5-6;1-2/h13,16,23H,4,6,10-12,14-15H2,1-3,5,7-9H3;3-5H,1-2H3;1-2H3/b19-16-,22-13-,24-20-;;. The van der Waals surface area contributed by atoms with Crippen LogP contribution in [0.4, 0.5) is 4.39 Å². The van der Waals surface area contributed by atoms with E-state index in [1.807, 2.05) is 54.5 Å². The minimum Gasteiger partial charge on any atom is -0.328 e. The summed E-state index contributed by atoms with van der Waals surface area (Å²) in [5, 5.41) is 0. The zero-order chi connectivity index (χ0) is 28.4. The first-order valence-electron chi connectivity index (χ1n) is 13.3. The second-order valence-electron chi connectivity index (χ2n) is 9.05. The van der Waals surface area contributed by atoms with Gasteiger partial charge in [-0.15, -0.1) is 0 Å². The predicted molar refractivity (Wildman–Crippen MR) is 162 cm³/mol. The van der Waals surface area contributed by atoms with Crippen molar-refractivity contribution in [2.24, 2.45) is 4.99 Å². The molecule has 0 radical (unpaired) electrons. The Morgan fingerprint density at radius 1 is 1.00 bits per heavy atom. The summed E-state index contributed by atoms with van der Waals surface area (Å²) in [6.45, 7) is 34.7. The second kappa shape index (κ2) is 19.5. The molecule has 0 saturated carbocycles. The van der Waals surface area contributed by atoms with Gasteiger partial charge in [0.2, 0.25) is 0 Å². The number of allylic oxidation sites excluding steroid dienone is 6. The monoisotopic (exact) mass is 496 g/mol. The van der Waals surface area contributed by atoms with Crippen LogP contribution in [-0.4, -0.2) is 16.7 Å². The first kappa shape index (κ1) is 35.5. The van der Waals surface area contributed by atoms with Crippen LogP contribution in [0.15, 0.2) is 83.3 Å². The molecule has 0 amide bonds. The van der Waals surface area contributed by atoms with E-state index in [1.165, 1.54) is 11.6 Å². The van der Waals surface area contributed by atoms with Crippen LogP contribution in [0.3, 0.4) is 0 Å². The van der Waals surface area contributed by atoms with Gasteiger partial charge < -0.3 is 4.90 Å². The lowest BCUT2D eigenvalue weighted by Gasteiger charge is -2.33. The number of aryl methyl sites for hydroxylation is 2. The Labute approximate surface area is 223 Å². The highest BCUT2D eigenvalue weighted by Gasteiger charge is 2.19. The molecule has 0 fully saturated rings. The molecular weight excluding hydrogens is 443 g/mol. The van der Waals surface area contributed by atoms with Gasteiger partial charge in [0.05, 0.1) is 0 Å². The van der Waals surface area contributed by atoms with Crippen LogP contribution in [0, 0.1) is 19.7 Å². The molecule has 0 bridgehead atoms. The summed E-state index contributed by atoms with van der Waals surface area (Å²) < 4.78 is 12.6. The van der Waals surface area contributed by atoms with Gasteiger partial charge in [0.15, 0.2) is 0 Å². The Morgan fingerprint density at radius 3 is 1.89 bits per heavy atom. The van der Waals surface area contributed by atoms with Gasteiger partial charge in [0.25, 0.3) is 0 Å². The highest BCUT2D eigenvalue weighted by atomic mass is 19.1. The Morgan fingerprint density at radius 2 is 1.53 bits per heavy atom. The fourth-order valence-electron chi connectivity index (χ4n) is 3.57. The second-order valence-corrected chi connectivity index (χ2v) is 9.05. The molecule has 0 spiro atoms. The van der Waals surface area contributed by atoms with Crippen LogP contribution in [0.2, 0.25) is 0 Å². The molecule has 3 heteroatoms. The number of nitrogens with zero attached hydrogens (tertiary/aromatic N) is 2. The lowest BCUT2D eigenvalue weighted by molar-refractivity contribution is 0.277. The summed E-state index contributed by atoms with van der Waals surface area (Å²) in [6, 6.07) is 5.64. The third kappa shape index (κ3) is 13.4. The topological polar surface area (TPSA) is 15.6 Å². The summed E-state index contributed by atoms with van der Waals surface area (Å²) in [4.78, 5) is 7.02. The molecule has 0 aromatic heterocycles. The average molecular weight is 497 g/mol. The van der Waals surface area contributed by atoms with Gasteiger partial charge in [0.1, 0.15) is 11.6 Å². The van der Waals surface area contributed by atoms with Crippen LogP contribution in [0.5, 0.6) is 0 Å². The van der Waals surface area contributed by atoms with Crippen LogP contribution >= 0.6 is 0 Å². The molecule has 202 valence electrons. The zero-order valence-electron chi connectivity index (χ0n) is 25.2. The molecule has 0 saturated heterocycles. The third-order valence-corrected chi connectivity index (χ3v) is 5.70. The summed E-state index contributed by atoms with van der Waals surface area (Å²) in [5.74, 6) is 0.660. The number of hydrogen-bond donors (Lipinski definition) is 0. The van der Waals surface area contributed by atoms with Crippen LogP contribution in [-0.2, 0) is 0 Å². The lowest BCUT2D eigenvalue weighted by Crippen LogP contribution is -2.32. The maximum absolute atomic E-state index is 12.6. The van der Waals surface area contributed by atoms with E-state index >= 15 is 0 Å². The van der Waals surface area contributed by atoms with Crippen molar-refractivity contribution in [1.29, 1.82) is 0 Å². The quantitative estimate of drug-likeness (QED) is 0.220. The Balaban J connectivity index is 0. The number of halogens is 1. The molecule has 0 heterocycles. The minimum atomic E-state index is -0.116. The smallest absolute Gasteiger partial charge is 0.126 e. The minimum absolute atomic E-state index is 0.116. The van der Waals surface area contributed by atoms with Gasteiger partial charge in [-0.25, -0.2) is 9.38 Å². The summed E-state index contributed by atoms with van der Waals surface area (Å²) in [7, 11) is 0. The molecule has 1 aromatic carbocycles. The maximum Gasteiger partial charge on any atom is 0.126 e. The normalized spacial score (nSPS) is 11.8. The van der Waals surface area contributed by atoms with Crippen molar-refractivity contribution in [2.75, 3.05) is 0 Å². The first-order chi connectivity index (χ1) is 16.9. The Kier molecular flexibility index (Phi) is 19.2. The van der Waals surface area contributed by atoms with Crippen molar-refractivity contribution in [3.05, 3.63) is 95.3 Å². The summed E-state index contributed by atoms with van der Waals surface area (Å²) in [6.07, 6.45) is 8.75. The lowest BCUT2D eigenvalue weighted by atomic mass is 10.0. The van der Waals surface area contributed by atoms with Gasteiger partial charge in [-0.3, -0.25) is 0 Å². The molecule has 0 aliphatic heterocycles. The molecule has 0 unspecified atom stereocenters. The maximum atomic E-state index is 12.6. The summed E-state index contributed by atoms with van der Waals surface area (Å²) in [5.41, 5.74) is 6.99. The van der Waals surface area contributed by atoms with E-state index in [2.05, 4.69) is 57.6 Å². The van der Waals surface area contributed by atoms with Gasteiger partial charge >= 0.3 is 0 Å². The van der Waals surface area contributed by atoms with Crippen LogP contribution in [0.1, 0.15) is 99.1 Å². The Bertz CT molecular complexity index is 925. The van der Waals surface area contributed by atoms with Crippen molar-refractivity contribution in [3.63, 3.8) is 0 Å². The van der Waals surface area contributed by atoms with Crippen molar-refractivity contribution in [1.82, 2.24) is 4.90 Å². The molecule has 0 N–H and O–H groups in total. The van der Waals surface area contributed by atoms with E-state index < -0.39 is 0 Å². The number of aliphatic imine (C=N–C) groups is 1. The van der Waals surface area contributed by atoms with Crippen molar-refractivity contribution >= 4 is 5.71 Å². The van der Waals surface area contributed by atoms with Crippen LogP contribution in [0.25, 0.3) is 0 Å². The third-order valence-electron chi connectivity index (χ3n) is 5.70. The largest absolute Gasteiger partial charge is 0.328 e. The van der Waals surface area contributed by atoms with E-state index in [9.17, 15) is 4.39 Å². The SMILES string of the molecule is C=C(C)\C(C)=C/C(=C/C)C(/C)=N\C(=C)N(C(=C)C)C(CCC)CCC.CC.Cc1ccc(C)c(F)c1. The Hall–Kier alpha value is -2.68. The highest BCUT2D eigenvalue weighted by molar-refractivity contribution is 6.01. The van der Waals surface area contributed by atoms with E-state index in [0.29, 0.717) is 11.6 Å². The number of hydrogen-bond acceptors (Lipinski definition) is 2. The first-order valence-corrected chi connectivity index (χ1v) is 13.3. The molecule has 0 aliphatic rings. The van der Waals surface area contributed by atoms with Crippen LogP contribution < -0.4 is 0 Å². The van der Waals surface area contributed by atoms with E-state index in [0.717, 1.165) is 59.6 Å². The fraction of sp³-hybridized carbons (Fsp3) is 0.485. The highest BCUT2D eigenvalue weighted by Crippen LogP contribution is 2.24. The van der Waals surface area contributed by atoms with Gasteiger partial charge in [-0.05, 0) is 89.6 Å². The molecule has 2 nitrogen and oxygen atoms in total. The van der Waals surface area contributed by atoms with Crippen molar-refractivity contribution in [3.8, 4) is 0 Å². The average Bonchev–Trinajstić information content (AvgIpc) is 2.81. The molecule has 1 rings (SSSR count). The fourth-order valence-corrected chi connectivity index (χ4v) is 3.57. The number of benzene rings is 1. The summed E-state index contributed by atoms with van der Waals surface area (Å²) >= 11 is 0. The van der Waals surface area contributed by atoms with Crippen molar-refractivity contribution < 1.29 is 4.39 Å². The van der Waals surface area contributed by atoms with E-state index in [4.69, 9.17) is 4.99 Å². The molecule has 0 atom stereocenters. The molecule has 1 aromatic rings. The van der Waals surface area contributed by atoms with Gasteiger partial charge in [-0.2, -0.15) is 0 Å². The molecule has 0 aliphatic carbocycles. The van der Waals surface area contributed by atoms with E-state index in [1.54, 1.807) is 13.0 Å². The zero-order valence-corrected chi connectivity index (χ0v) is 25.2. The number of rotatable bonds is 11. The molecule has 36 heavy (non-hydrogen) atoms. The van der Waals surface area contributed by atoms with E-state index in [-0.39, 0.29) is 5.82 Å². The predicted octanol–water partition coefficient (Wildman–Crippen LogP) is 10.7. The van der Waals surface area contributed by atoms with Crippen molar-refractivity contribution in [2.45, 2.75) is 108 Å². The molecular formula is C33H53FN2. The van der Waals surface area contributed by atoms with Gasteiger partial charge in [-0.1, -0.05) is 90.1 Å². The van der Waals surface area contributed by atoms with Gasteiger partial charge in [0, 0.05) is 17.5 Å².